The van der Waals surface area contributed by atoms with Crippen molar-refractivity contribution in [1.29, 1.82) is 0 Å². The van der Waals surface area contributed by atoms with Gasteiger partial charge in [0.05, 0.1) is 28.0 Å². The summed E-state index contributed by atoms with van der Waals surface area (Å²) >= 11 is 0. The van der Waals surface area contributed by atoms with Crippen molar-refractivity contribution in [3.63, 3.8) is 0 Å². The summed E-state index contributed by atoms with van der Waals surface area (Å²) in [5, 5.41) is 2.71. The number of nitrogens with one attached hydrogen (secondary N) is 3. The summed E-state index contributed by atoms with van der Waals surface area (Å²) in [5.41, 5.74) is 0.0533. The Hall–Kier alpha value is -3.16. The third-order valence-electron chi connectivity index (χ3n) is 5.31. The van der Waals surface area contributed by atoms with E-state index in [1.54, 1.807) is 23.1 Å². The first-order chi connectivity index (χ1) is 15.5. The van der Waals surface area contributed by atoms with Crippen molar-refractivity contribution in [3.05, 3.63) is 58.5 Å². The molecule has 3 aromatic rings. The number of H-pyrrole nitrogens is 2. The van der Waals surface area contributed by atoms with Crippen molar-refractivity contribution in [2.24, 2.45) is 0 Å². The lowest BCUT2D eigenvalue weighted by atomic mass is 10.2. The number of hydrogen-bond donors (Lipinski definition) is 3. The highest BCUT2D eigenvalue weighted by atomic mass is 32.2. The van der Waals surface area contributed by atoms with Crippen LogP contribution in [0.1, 0.15) is 5.56 Å². The molecular formula is C20H20F3N5O4S. The lowest BCUT2D eigenvalue weighted by Crippen LogP contribution is -2.50. The number of anilines is 1. The molecule has 1 aliphatic heterocycles. The van der Waals surface area contributed by atoms with Crippen molar-refractivity contribution in [3.8, 4) is 0 Å². The minimum absolute atomic E-state index is 0.0191. The van der Waals surface area contributed by atoms with Gasteiger partial charge < -0.3 is 15.3 Å². The van der Waals surface area contributed by atoms with Crippen LogP contribution >= 0.6 is 0 Å². The summed E-state index contributed by atoms with van der Waals surface area (Å²) in [6, 6.07) is 8.97. The van der Waals surface area contributed by atoms with Gasteiger partial charge in [0.25, 0.3) is 0 Å². The first kappa shape index (κ1) is 23.0. The molecule has 0 radical (unpaired) electrons. The van der Waals surface area contributed by atoms with Gasteiger partial charge in [-0.1, -0.05) is 12.1 Å². The third-order valence-corrected chi connectivity index (χ3v) is 7.27. The molecule has 2 heterocycles. The zero-order chi connectivity index (χ0) is 23.8. The van der Waals surface area contributed by atoms with Gasteiger partial charge in [0.2, 0.25) is 15.9 Å². The van der Waals surface area contributed by atoms with Crippen LogP contribution in [0, 0.1) is 0 Å². The highest BCUT2D eigenvalue weighted by Gasteiger charge is 2.39. The quantitative estimate of drug-likeness (QED) is 0.512. The maximum absolute atomic E-state index is 13.3. The van der Waals surface area contributed by atoms with Crippen LogP contribution in [0.25, 0.3) is 11.0 Å². The van der Waals surface area contributed by atoms with Crippen molar-refractivity contribution in [1.82, 2.24) is 19.2 Å². The number of rotatable bonds is 5. The van der Waals surface area contributed by atoms with E-state index >= 15 is 0 Å². The van der Waals surface area contributed by atoms with Crippen molar-refractivity contribution < 1.29 is 26.4 Å². The Balaban J connectivity index is 1.37. The minimum atomic E-state index is -4.79. The molecular weight excluding hydrogens is 463 g/mol. The molecule has 9 nitrogen and oxygen atoms in total. The van der Waals surface area contributed by atoms with Gasteiger partial charge in [0, 0.05) is 31.9 Å². The Kier molecular flexibility index (Phi) is 6.03. The number of carbonyl (C=O) groups excluding carboxylic acids is 1. The van der Waals surface area contributed by atoms with Crippen LogP contribution < -0.4 is 11.0 Å². The second-order valence-electron chi connectivity index (χ2n) is 7.56. The predicted octanol–water partition coefficient (Wildman–Crippen LogP) is 1.82. The Bertz CT molecular complexity index is 1340. The van der Waals surface area contributed by atoms with E-state index in [0.29, 0.717) is 16.7 Å². The number of aromatic nitrogens is 2. The molecule has 0 spiro atoms. The van der Waals surface area contributed by atoms with Crippen LogP contribution in [0.3, 0.4) is 0 Å². The zero-order valence-corrected chi connectivity index (χ0v) is 18.0. The number of alkyl halides is 3. The summed E-state index contributed by atoms with van der Waals surface area (Å²) in [5.74, 6) is -0.342. The SMILES string of the molecule is O=C(CN1CCN(S(=O)(=O)c2ccccc2C(F)(F)F)CC1)Nc1ccc2[nH]c(=O)[nH]c2c1. The van der Waals surface area contributed by atoms with Gasteiger partial charge in [-0.05, 0) is 30.3 Å². The van der Waals surface area contributed by atoms with Crippen molar-refractivity contribution in [2.75, 3.05) is 38.0 Å². The number of imidazole rings is 1. The Morgan fingerprint density at radius 3 is 2.36 bits per heavy atom. The summed E-state index contributed by atoms with van der Waals surface area (Å²) in [4.78, 5) is 29.8. The highest BCUT2D eigenvalue weighted by molar-refractivity contribution is 7.89. The molecule has 33 heavy (non-hydrogen) atoms. The minimum Gasteiger partial charge on any atom is -0.325 e. The maximum atomic E-state index is 13.3. The van der Waals surface area contributed by atoms with Gasteiger partial charge in [-0.15, -0.1) is 0 Å². The summed E-state index contributed by atoms with van der Waals surface area (Å²) in [6.07, 6.45) is -4.79. The second-order valence-corrected chi connectivity index (χ2v) is 9.47. The molecule has 0 atom stereocenters. The number of nitrogens with zero attached hydrogens (tertiary/aromatic N) is 2. The van der Waals surface area contributed by atoms with E-state index in [9.17, 15) is 31.2 Å². The average Bonchev–Trinajstić information content (AvgIpc) is 3.13. The van der Waals surface area contributed by atoms with E-state index in [0.717, 1.165) is 22.5 Å². The molecule has 0 unspecified atom stereocenters. The first-order valence-corrected chi connectivity index (χ1v) is 11.4. The molecule has 1 aromatic heterocycles. The Labute approximate surface area is 186 Å². The standard InChI is InChI=1S/C20H20F3N5O4S/c21-20(22,23)14-3-1-2-4-17(14)33(31,32)28-9-7-27(8-10-28)12-18(29)24-13-5-6-15-16(11-13)26-19(30)25-15/h1-6,11H,7-10,12H2,(H,24,29)(H2,25,26,30). The van der Waals surface area contributed by atoms with Gasteiger partial charge in [-0.25, -0.2) is 13.2 Å². The van der Waals surface area contributed by atoms with Crippen LogP contribution in [-0.2, 0) is 21.0 Å². The van der Waals surface area contributed by atoms with E-state index < -0.39 is 26.7 Å². The second kappa shape index (κ2) is 8.65. The normalized spacial score (nSPS) is 16.2. The predicted molar refractivity (Wildman–Crippen MR) is 114 cm³/mol. The molecule has 1 amide bonds. The van der Waals surface area contributed by atoms with Gasteiger partial charge in [-0.3, -0.25) is 9.69 Å². The van der Waals surface area contributed by atoms with Crippen LogP contribution in [-0.4, -0.2) is 66.2 Å². The molecule has 0 bridgehead atoms. The number of fused-ring (bicyclic) bond motifs is 1. The lowest BCUT2D eigenvalue weighted by Gasteiger charge is -2.34. The molecule has 0 aliphatic carbocycles. The van der Waals surface area contributed by atoms with E-state index in [-0.39, 0.29) is 44.3 Å². The van der Waals surface area contributed by atoms with Gasteiger partial charge in [-0.2, -0.15) is 17.5 Å². The van der Waals surface area contributed by atoms with E-state index in [1.807, 2.05) is 0 Å². The fourth-order valence-corrected chi connectivity index (χ4v) is 5.34. The molecule has 13 heteroatoms. The fraction of sp³-hybridized carbons (Fsp3) is 0.300. The molecule has 3 N–H and O–H groups in total. The van der Waals surface area contributed by atoms with E-state index in [4.69, 9.17) is 0 Å². The molecule has 1 aliphatic rings. The fourth-order valence-electron chi connectivity index (χ4n) is 3.71. The summed E-state index contributed by atoms with van der Waals surface area (Å²) in [7, 11) is -4.34. The number of amides is 1. The number of piperazine rings is 1. The first-order valence-electron chi connectivity index (χ1n) is 9.95. The van der Waals surface area contributed by atoms with Crippen molar-refractivity contribution in [2.45, 2.75) is 11.1 Å². The van der Waals surface area contributed by atoms with E-state index in [1.165, 1.54) is 6.07 Å². The number of hydrogen-bond acceptors (Lipinski definition) is 5. The summed E-state index contributed by atoms with van der Waals surface area (Å²) < 4.78 is 66.5. The molecule has 0 saturated carbocycles. The number of aromatic amines is 2. The zero-order valence-electron chi connectivity index (χ0n) is 17.1. The largest absolute Gasteiger partial charge is 0.417 e. The average molecular weight is 483 g/mol. The monoisotopic (exact) mass is 483 g/mol. The highest BCUT2D eigenvalue weighted by Crippen LogP contribution is 2.35. The smallest absolute Gasteiger partial charge is 0.325 e. The van der Waals surface area contributed by atoms with E-state index in [2.05, 4.69) is 15.3 Å². The number of halogens is 3. The topological polar surface area (TPSA) is 118 Å². The van der Waals surface area contributed by atoms with Gasteiger partial charge in [0.15, 0.2) is 0 Å². The molecule has 2 aromatic carbocycles. The lowest BCUT2D eigenvalue weighted by molar-refractivity contribution is -0.140. The van der Waals surface area contributed by atoms with Crippen LogP contribution in [0.5, 0.6) is 0 Å². The van der Waals surface area contributed by atoms with Crippen LogP contribution in [0.15, 0.2) is 52.2 Å². The number of benzene rings is 2. The molecule has 1 fully saturated rings. The van der Waals surface area contributed by atoms with Gasteiger partial charge in [0.1, 0.15) is 0 Å². The van der Waals surface area contributed by atoms with Crippen LogP contribution in [0.4, 0.5) is 18.9 Å². The molecule has 4 rings (SSSR count). The molecule has 176 valence electrons. The Morgan fingerprint density at radius 1 is 1.00 bits per heavy atom. The maximum Gasteiger partial charge on any atom is 0.417 e. The molecule has 1 saturated heterocycles. The number of carbonyl (C=O) groups is 1. The third kappa shape index (κ3) is 4.94. The number of sulfonamides is 1. The summed E-state index contributed by atoms with van der Waals surface area (Å²) in [6.45, 7) is 0.265. The van der Waals surface area contributed by atoms with Crippen molar-refractivity contribution >= 4 is 32.7 Å². The van der Waals surface area contributed by atoms with Crippen LogP contribution in [0.2, 0.25) is 0 Å². The Morgan fingerprint density at radius 2 is 1.67 bits per heavy atom. The van der Waals surface area contributed by atoms with Gasteiger partial charge >= 0.3 is 11.9 Å².